The van der Waals surface area contributed by atoms with Gasteiger partial charge < -0.3 is 0 Å². The molecule has 1 saturated carbocycles. The van der Waals surface area contributed by atoms with Crippen molar-refractivity contribution in [1.82, 2.24) is 0 Å². The molecule has 0 unspecified atom stereocenters. The van der Waals surface area contributed by atoms with Crippen molar-refractivity contribution in [1.29, 1.82) is 0 Å². The number of rotatable bonds is 2. The van der Waals surface area contributed by atoms with Gasteiger partial charge in [-0.15, -0.1) is 0 Å². The predicted molar refractivity (Wildman–Crippen MR) is 66.6 cm³/mol. The van der Waals surface area contributed by atoms with Gasteiger partial charge in [0.1, 0.15) is 2.64 Å². The lowest BCUT2D eigenvalue weighted by atomic mass is 10.0. The monoisotopic (exact) mass is 336 g/mol. The van der Waals surface area contributed by atoms with Crippen LogP contribution in [-0.2, 0) is 11.8 Å². The summed E-state index contributed by atoms with van der Waals surface area (Å²) in [6.45, 7) is 0. The normalized spacial score (nSPS) is 22.0. The van der Waals surface area contributed by atoms with Gasteiger partial charge in [0, 0.05) is 5.25 Å². The summed E-state index contributed by atoms with van der Waals surface area (Å²) in [7, 11) is 0. The fourth-order valence-electron chi connectivity index (χ4n) is 1.34. The summed E-state index contributed by atoms with van der Waals surface area (Å²) in [5, 5.41) is 0.813. The van der Waals surface area contributed by atoms with Crippen LogP contribution < -0.4 is 0 Å². The first-order chi connectivity index (χ1) is 5.08. The summed E-state index contributed by atoms with van der Waals surface area (Å²) in [6, 6.07) is 0. The van der Waals surface area contributed by atoms with Crippen molar-refractivity contribution in [2.45, 2.75) is 37.4 Å². The minimum absolute atomic E-state index is 0.813. The highest BCUT2D eigenvalue weighted by Gasteiger charge is 2.19. The average molecular weight is 338 g/mol. The molecule has 0 aromatic heterocycles. The van der Waals surface area contributed by atoms with Gasteiger partial charge in [0.25, 0.3) is 0 Å². The molecule has 0 aliphatic heterocycles. The second kappa shape index (κ2) is 4.99. The Morgan fingerprint density at radius 2 is 1.73 bits per heavy atom. The lowest BCUT2D eigenvalue weighted by molar-refractivity contribution is 0.517. The number of halogens is 2. The van der Waals surface area contributed by atoms with E-state index < -0.39 is 2.64 Å². The third kappa shape index (κ3) is 5.30. The molecule has 1 fully saturated rings. The highest BCUT2D eigenvalue weighted by Crippen LogP contribution is 2.74. The van der Waals surface area contributed by atoms with E-state index in [1.165, 1.54) is 32.1 Å². The van der Waals surface area contributed by atoms with Gasteiger partial charge in [-0.1, -0.05) is 42.5 Å². The van der Waals surface area contributed by atoms with Crippen LogP contribution in [0, 0.1) is 0 Å². The van der Waals surface area contributed by atoms with Crippen molar-refractivity contribution in [3.63, 3.8) is 0 Å². The van der Waals surface area contributed by atoms with Crippen LogP contribution in [0.4, 0.5) is 0 Å². The van der Waals surface area contributed by atoms with E-state index in [-0.39, 0.29) is 0 Å². The Hall–Kier alpha value is 1.96. The Kier molecular flexibility index (Phi) is 5.01. The molecule has 11 heavy (non-hydrogen) atoms. The Morgan fingerprint density at radius 3 is 2.18 bits per heavy atom. The van der Waals surface area contributed by atoms with E-state index in [2.05, 4.69) is 31.0 Å². The maximum atomic E-state index is 5.27. The average Bonchev–Trinajstić information content (AvgIpc) is 1.85. The highest BCUT2D eigenvalue weighted by molar-refractivity contribution is 9.83. The third-order valence-electron chi connectivity index (χ3n) is 1.82. The van der Waals surface area contributed by atoms with Gasteiger partial charge in [0.2, 0.25) is 0 Å². The molecule has 0 N–H and O–H groups in total. The first-order valence-electron chi connectivity index (χ1n) is 3.76. The van der Waals surface area contributed by atoms with Gasteiger partial charge in [-0.3, -0.25) is 0 Å². The summed E-state index contributed by atoms with van der Waals surface area (Å²) < 4.78 is -1.36. The molecule has 0 amide bonds. The second-order valence-electron chi connectivity index (χ2n) is 2.78. The molecular weight excluding hydrogens is 327 g/mol. The molecular formula is C6H11Br2PS2. The van der Waals surface area contributed by atoms with Crippen LogP contribution in [-0.4, -0.2) is 5.25 Å². The summed E-state index contributed by atoms with van der Waals surface area (Å²) in [5.41, 5.74) is 0. The molecule has 0 heterocycles. The molecule has 66 valence electrons. The highest BCUT2D eigenvalue weighted by atomic mass is 79.9. The van der Waals surface area contributed by atoms with E-state index in [1.54, 1.807) is 0 Å². The molecule has 0 aromatic carbocycles. The molecule has 0 bridgehead atoms. The van der Waals surface area contributed by atoms with Crippen LogP contribution >= 0.6 is 45.0 Å². The van der Waals surface area contributed by atoms with Crippen LogP contribution in [0.3, 0.4) is 0 Å². The van der Waals surface area contributed by atoms with Crippen LogP contribution in [0.1, 0.15) is 32.1 Å². The van der Waals surface area contributed by atoms with Gasteiger partial charge in [-0.25, -0.2) is 0 Å². The molecule has 0 atom stereocenters. The quantitative estimate of drug-likeness (QED) is 0.645. The van der Waals surface area contributed by atoms with Crippen molar-refractivity contribution in [3.05, 3.63) is 0 Å². The van der Waals surface area contributed by atoms with Crippen molar-refractivity contribution in [2.75, 3.05) is 0 Å². The molecule has 1 aliphatic carbocycles. The number of hydrogen-bond acceptors (Lipinski definition) is 2. The van der Waals surface area contributed by atoms with Crippen LogP contribution in [0.15, 0.2) is 0 Å². The van der Waals surface area contributed by atoms with Crippen LogP contribution in [0.2, 0.25) is 0 Å². The second-order valence-corrected chi connectivity index (χ2v) is 24.0. The molecule has 0 nitrogen and oxygen atoms in total. The van der Waals surface area contributed by atoms with Crippen LogP contribution in [0.5, 0.6) is 0 Å². The summed E-state index contributed by atoms with van der Waals surface area (Å²) in [4.78, 5) is 0. The van der Waals surface area contributed by atoms with Gasteiger partial charge in [-0.2, -0.15) is 0 Å². The summed E-state index contributed by atoms with van der Waals surface area (Å²) in [5.74, 6) is 0. The molecule has 0 saturated heterocycles. The molecule has 1 rings (SSSR count). The lowest BCUT2D eigenvalue weighted by Gasteiger charge is -2.22. The third-order valence-corrected chi connectivity index (χ3v) is 8.25. The van der Waals surface area contributed by atoms with E-state index in [1.807, 2.05) is 11.4 Å². The summed E-state index contributed by atoms with van der Waals surface area (Å²) >= 11 is 14.2. The molecule has 0 radical (unpaired) electrons. The zero-order valence-corrected chi connectivity index (χ0v) is 11.8. The largest absolute Gasteiger partial charge is 0.128 e. The van der Waals surface area contributed by atoms with E-state index >= 15 is 0 Å². The fraction of sp³-hybridized carbons (Fsp3) is 1.00. The lowest BCUT2D eigenvalue weighted by Crippen LogP contribution is -2.06. The topological polar surface area (TPSA) is 0 Å². The van der Waals surface area contributed by atoms with Gasteiger partial charge >= 0.3 is 0 Å². The Labute approximate surface area is 93.5 Å². The first-order valence-corrected chi connectivity index (χ1v) is 12.1. The fourth-order valence-corrected chi connectivity index (χ4v) is 9.26. The molecule has 5 heteroatoms. The predicted octanol–water partition coefficient (Wildman–Crippen LogP) is 5.07. The molecule has 0 aromatic rings. The minimum Gasteiger partial charge on any atom is -0.0999 e. The van der Waals surface area contributed by atoms with Crippen molar-refractivity contribution in [2.24, 2.45) is 0 Å². The van der Waals surface area contributed by atoms with Crippen molar-refractivity contribution < 1.29 is 0 Å². The SMILES string of the molecule is S=P(Br)(Br)SC1CCCCC1. The van der Waals surface area contributed by atoms with Gasteiger partial charge in [0.05, 0.1) is 0 Å². The maximum absolute atomic E-state index is 5.27. The van der Waals surface area contributed by atoms with Crippen molar-refractivity contribution >= 4 is 56.8 Å². The van der Waals surface area contributed by atoms with E-state index in [4.69, 9.17) is 11.8 Å². The summed E-state index contributed by atoms with van der Waals surface area (Å²) in [6.07, 6.45) is 6.94. The first kappa shape index (κ1) is 11.0. The zero-order chi connectivity index (χ0) is 8.32. The Bertz CT molecular complexity index is 162. The van der Waals surface area contributed by atoms with Gasteiger partial charge in [-0.05, 0) is 43.8 Å². The van der Waals surface area contributed by atoms with E-state index in [0.717, 1.165) is 5.25 Å². The molecule has 1 aliphatic rings. The smallest absolute Gasteiger partial charge is 0.0999 e. The van der Waals surface area contributed by atoms with Gasteiger partial charge in [0.15, 0.2) is 0 Å². The van der Waals surface area contributed by atoms with Crippen molar-refractivity contribution in [3.8, 4) is 0 Å². The minimum atomic E-state index is -1.36. The Morgan fingerprint density at radius 1 is 1.18 bits per heavy atom. The van der Waals surface area contributed by atoms with E-state index in [0.29, 0.717) is 0 Å². The molecule has 0 spiro atoms. The van der Waals surface area contributed by atoms with E-state index in [9.17, 15) is 0 Å². The standard InChI is InChI=1S/C6H11Br2PS2/c7-9(8,10)11-6-4-2-1-3-5-6/h6H,1-5H2. The zero-order valence-electron chi connectivity index (χ0n) is 6.13. The Balaban J connectivity index is 2.30. The van der Waals surface area contributed by atoms with Crippen LogP contribution in [0.25, 0.3) is 0 Å². The maximum Gasteiger partial charge on any atom is 0.128 e. The number of hydrogen-bond donors (Lipinski definition) is 0.